The van der Waals surface area contributed by atoms with Crippen LogP contribution in [0.25, 0.3) is 5.57 Å². The second-order valence-electron chi connectivity index (χ2n) is 18.4. The molecule has 1 aliphatic carbocycles. The van der Waals surface area contributed by atoms with Crippen molar-refractivity contribution in [2.45, 2.75) is 134 Å². The molecule has 4 N–H and O–H groups in total. The summed E-state index contributed by atoms with van der Waals surface area (Å²) in [6.07, 6.45) is 3.33. The van der Waals surface area contributed by atoms with Crippen molar-refractivity contribution in [2.24, 2.45) is 23.0 Å². The van der Waals surface area contributed by atoms with E-state index >= 15 is 8.78 Å². The number of nitrogens with one attached hydrogen (secondary N) is 2. The van der Waals surface area contributed by atoms with Gasteiger partial charge in [-0.2, -0.15) is 8.78 Å². The zero-order chi connectivity index (χ0) is 49.9. The minimum Gasteiger partial charge on any atom is -0.438 e. The highest BCUT2D eigenvalue weighted by atomic mass is 127. The summed E-state index contributed by atoms with van der Waals surface area (Å²) < 4.78 is 70.7. The monoisotopic (exact) mass is 1070 g/mol. The molecular weight excluding hydrogens is 1010 g/mol. The van der Waals surface area contributed by atoms with Crippen LogP contribution in [-0.2, 0) is 68.9 Å². The number of allylic oxidation sites excluding steroid dienone is 1. The van der Waals surface area contributed by atoms with E-state index in [-0.39, 0.29) is 43.6 Å². The Morgan fingerprint density at radius 1 is 0.925 bits per heavy atom. The smallest absolute Gasteiger partial charge is 0.410 e. The van der Waals surface area contributed by atoms with Crippen molar-refractivity contribution < 1.29 is 65.4 Å². The van der Waals surface area contributed by atoms with Crippen molar-refractivity contribution in [3.63, 3.8) is 0 Å². The lowest BCUT2D eigenvalue weighted by atomic mass is 9.98. The molecule has 67 heavy (non-hydrogen) atoms. The predicted molar refractivity (Wildman–Crippen MR) is 253 cm³/mol. The summed E-state index contributed by atoms with van der Waals surface area (Å²) in [7, 11) is -5.56. The van der Waals surface area contributed by atoms with Gasteiger partial charge in [0.2, 0.25) is 37.2 Å². The van der Waals surface area contributed by atoms with Gasteiger partial charge < -0.3 is 35.5 Å². The van der Waals surface area contributed by atoms with Crippen molar-refractivity contribution in [1.29, 1.82) is 0 Å². The highest BCUT2D eigenvalue weighted by Crippen LogP contribution is 2.67. The summed E-state index contributed by atoms with van der Waals surface area (Å²) in [6.45, 7) is 11.2. The minimum atomic E-state index is -5.56. The van der Waals surface area contributed by atoms with Gasteiger partial charge in [0.15, 0.2) is 0 Å². The van der Waals surface area contributed by atoms with Crippen LogP contribution in [0.1, 0.15) is 111 Å². The van der Waals surface area contributed by atoms with Crippen LogP contribution < -0.4 is 16.4 Å². The van der Waals surface area contributed by atoms with Gasteiger partial charge in [0.1, 0.15) is 15.5 Å². The first-order chi connectivity index (χ1) is 31.3. The van der Waals surface area contributed by atoms with Crippen LogP contribution in [-0.4, -0.2) is 88.2 Å². The number of ether oxygens (including phenoxy) is 3. The molecule has 16 nitrogen and oxygen atoms in total. The van der Waals surface area contributed by atoms with Gasteiger partial charge in [-0.25, -0.2) is 0 Å². The lowest BCUT2D eigenvalue weighted by Gasteiger charge is -2.33. The Labute approximate surface area is 404 Å². The number of amides is 4. The van der Waals surface area contributed by atoms with Crippen molar-refractivity contribution in [3.8, 4) is 0 Å². The average molecular weight is 1070 g/mol. The largest absolute Gasteiger partial charge is 0.438 e. The fourth-order valence-corrected chi connectivity index (χ4v) is 8.68. The van der Waals surface area contributed by atoms with E-state index < -0.39 is 95.1 Å². The van der Waals surface area contributed by atoms with Gasteiger partial charge >= 0.3 is 25.2 Å². The van der Waals surface area contributed by atoms with Gasteiger partial charge in [-0.1, -0.05) is 97.0 Å². The number of carbonyl (C=O) groups excluding carboxylic acids is 6. The van der Waals surface area contributed by atoms with Crippen LogP contribution in [0, 0.1) is 17.3 Å². The molecular formula is C47H64F2IN4O12P. The lowest BCUT2D eigenvalue weighted by Crippen LogP contribution is -2.57. The number of hydrogen-bond acceptors (Lipinski definition) is 12. The molecule has 2 aromatic rings. The van der Waals surface area contributed by atoms with E-state index in [1.54, 1.807) is 36.4 Å². The van der Waals surface area contributed by atoms with E-state index in [1.165, 1.54) is 57.7 Å². The number of nitrogens with two attached hydrogens (primary N) is 1. The number of esters is 2. The van der Waals surface area contributed by atoms with Gasteiger partial charge in [0, 0.05) is 24.6 Å². The summed E-state index contributed by atoms with van der Waals surface area (Å²) in [6, 6.07) is 11.6. The maximum absolute atomic E-state index is 16.1. The van der Waals surface area contributed by atoms with Gasteiger partial charge in [-0.15, -0.1) is 0 Å². The number of fused-ring (bicyclic) bond motifs is 1. The molecule has 1 saturated heterocycles. The zero-order valence-electron chi connectivity index (χ0n) is 39.3. The molecule has 4 rings (SSSR count). The third-order valence-corrected chi connectivity index (χ3v) is 13.7. The molecule has 1 heterocycles. The van der Waals surface area contributed by atoms with Gasteiger partial charge in [-0.3, -0.25) is 42.4 Å². The van der Waals surface area contributed by atoms with Crippen LogP contribution in [0.5, 0.6) is 0 Å². The van der Waals surface area contributed by atoms with E-state index in [9.17, 15) is 33.3 Å². The number of benzene rings is 2. The van der Waals surface area contributed by atoms with Crippen LogP contribution >= 0.6 is 30.2 Å². The number of halogens is 3. The van der Waals surface area contributed by atoms with Crippen molar-refractivity contribution >= 4 is 71.3 Å². The fraction of sp³-hybridized carbons (Fsp3) is 0.574. The molecule has 0 radical (unpaired) electrons. The van der Waals surface area contributed by atoms with E-state index in [0.29, 0.717) is 24.1 Å². The molecule has 0 spiro atoms. The summed E-state index contributed by atoms with van der Waals surface area (Å²) in [5.41, 5.74) is 0.857. The summed E-state index contributed by atoms with van der Waals surface area (Å²) in [4.78, 5) is 79.7. The second kappa shape index (κ2) is 23.8. The van der Waals surface area contributed by atoms with E-state index in [2.05, 4.69) is 10.6 Å². The second-order valence-corrected chi connectivity index (χ2v) is 23.2. The average Bonchev–Trinajstić information content (AvgIpc) is 3.92. The van der Waals surface area contributed by atoms with Crippen LogP contribution in [0.2, 0.25) is 0 Å². The number of alkyl halides is 3. The Hall–Kier alpha value is -4.30. The molecule has 2 fully saturated rings. The van der Waals surface area contributed by atoms with E-state index in [4.69, 9.17) is 29.0 Å². The maximum atomic E-state index is 16.1. The van der Waals surface area contributed by atoms with Gasteiger partial charge in [-0.05, 0) is 96.3 Å². The third-order valence-electron chi connectivity index (χ3n) is 11.4. The fourth-order valence-electron chi connectivity index (χ4n) is 7.27. The molecule has 1 aliphatic heterocycles. The molecule has 2 aliphatic rings. The zero-order valence-corrected chi connectivity index (χ0v) is 42.4. The van der Waals surface area contributed by atoms with Crippen molar-refractivity contribution in [1.82, 2.24) is 15.5 Å². The maximum Gasteiger partial charge on any atom is 0.410 e. The topological polar surface area (TPSA) is 219 Å². The normalized spacial score (nSPS) is 19.5. The Morgan fingerprint density at radius 2 is 1.54 bits per heavy atom. The lowest BCUT2D eigenvalue weighted by molar-refractivity contribution is -0.161. The standard InChI is InChI=1S/C47H64F2IN4O12P/c1-9-10-16-37(42(58)54-25-33-24-35(33)40(54)41(57)53-36(21-22-38(51)55)30(3)62-26-31-14-12-11-13-15-31)52-39(56)23-29(2)32-17-19-34(20-18-32)47(48,49)67(61,65-27-63-43(59)45(4,5)6)66-28-64-44(60)46(7,8)50/h11-15,17-20,23,30,33,35-37,40H,9-10,16,21-22,24-28H2,1-8H3,(H2,51,55)(H,52,56)(H,53,57)/b29-23+/t30-,33?,35?,36?,37?,40-,67?/m1/s1. The molecule has 370 valence electrons. The molecule has 0 aromatic heterocycles. The van der Waals surface area contributed by atoms with E-state index in [1.807, 2.05) is 37.3 Å². The molecule has 5 unspecified atom stereocenters. The Morgan fingerprint density at radius 3 is 2.10 bits per heavy atom. The number of primary amides is 1. The summed E-state index contributed by atoms with van der Waals surface area (Å²) in [5, 5.41) is 5.84. The first kappa shape index (κ1) is 55.3. The highest BCUT2D eigenvalue weighted by molar-refractivity contribution is 14.1. The van der Waals surface area contributed by atoms with Crippen molar-refractivity contribution in [2.75, 3.05) is 20.1 Å². The molecule has 7 atom stereocenters. The number of piperidine rings is 1. The Bertz CT molecular complexity index is 2110. The number of nitrogens with zero attached hydrogens (tertiary/aromatic N) is 1. The molecule has 20 heteroatoms. The van der Waals surface area contributed by atoms with Crippen LogP contribution in [0.15, 0.2) is 60.7 Å². The number of hydrogen-bond donors (Lipinski definition) is 3. The minimum absolute atomic E-state index is 0.0135. The molecule has 0 bridgehead atoms. The number of unbranched alkanes of at least 4 members (excludes halogenated alkanes) is 1. The SMILES string of the molecule is CCCCC(NC(=O)/C=C(\C)c1ccc(C(F)(F)P(=O)(OCOC(=O)C(C)(C)C)OCOC(=O)C(C)(C)I)cc1)C(=O)N1CC2CC2[C@@H]1C(=O)NC(CCC(N)=O)[C@@H](C)OCc1ccccc1. The molecule has 1 saturated carbocycles. The molecule has 2 aromatic carbocycles. The van der Waals surface area contributed by atoms with Crippen molar-refractivity contribution in [3.05, 3.63) is 77.4 Å². The van der Waals surface area contributed by atoms with Crippen LogP contribution in [0.3, 0.4) is 0 Å². The predicted octanol–water partition coefficient (Wildman–Crippen LogP) is 7.50. The van der Waals surface area contributed by atoms with Crippen LogP contribution in [0.4, 0.5) is 8.78 Å². The Balaban J connectivity index is 1.47. The first-order valence-corrected chi connectivity index (χ1v) is 24.9. The van der Waals surface area contributed by atoms with E-state index in [0.717, 1.165) is 30.5 Å². The number of likely N-dealkylation sites (tertiary alicyclic amines) is 1. The van der Waals surface area contributed by atoms with Gasteiger partial charge in [0.25, 0.3) is 0 Å². The summed E-state index contributed by atoms with van der Waals surface area (Å²) in [5.74, 6) is -3.55. The number of carbonyl (C=O) groups is 6. The highest BCUT2D eigenvalue weighted by Gasteiger charge is 2.58. The van der Waals surface area contributed by atoms with Gasteiger partial charge in [0.05, 0.1) is 24.2 Å². The quantitative estimate of drug-likeness (QED) is 0.0220. The number of rotatable bonds is 25. The Kier molecular flexibility index (Phi) is 19.7. The third kappa shape index (κ3) is 15.6. The summed E-state index contributed by atoms with van der Waals surface area (Å²) >= 11 is 1.77. The molecule has 4 amide bonds. The first-order valence-electron chi connectivity index (χ1n) is 22.2.